The molecule has 27 heavy (non-hydrogen) atoms. The minimum atomic E-state index is -6.04. The fourth-order valence-electron chi connectivity index (χ4n) is 5.92. The van der Waals surface area contributed by atoms with E-state index in [1.54, 1.807) is 0 Å². The highest BCUT2D eigenvalue weighted by molar-refractivity contribution is 5.81. The van der Waals surface area contributed by atoms with E-state index >= 15 is 0 Å². The first kappa shape index (κ1) is 20.5. The van der Waals surface area contributed by atoms with Crippen LogP contribution in [0.25, 0.3) is 0 Å². The molecule has 0 radical (unpaired) electrons. The zero-order valence-electron chi connectivity index (χ0n) is 14.6. The van der Waals surface area contributed by atoms with E-state index in [1.807, 2.05) is 0 Å². The number of carbonyl (C=O) groups is 1. The van der Waals surface area contributed by atoms with Gasteiger partial charge in [0.1, 0.15) is 6.10 Å². The van der Waals surface area contributed by atoms with Crippen LogP contribution in [0.1, 0.15) is 44.9 Å². The van der Waals surface area contributed by atoms with Crippen molar-refractivity contribution in [3.05, 3.63) is 12.7 Å². The van der Waals surface area contributed by atoms with Gasteiger partial charge in [-0.3, -0.25) is 0 Å². The standard InChI is InChI=1S/C18H22F6O3/c1-2-14(25)27-13(16(26,17(19,20)21)18(22,23)24)9-15-6-10-3-11(7-15)5-12(4-10)8-15/h2,10-13,26H,1,3-9H2. The number of ether oxygens (including phenoxy) is 1. The van der Waals surface area contributed by atoms with Crippen molar-refractivity contribution in [2.45, 2.75) is 69.0 Å². The molecule has 4 aliphatic rings. The molecule has 0 aromatic carbocycles. The summed E-state index contributed by atoms with van der Waals surface area (Å²) in [5, 5.41) is 9.83. The van der Waals surface area contributed by atoms with Crippen LogP contribution < -0.4 is 0 Å². The lowest BCUT2D eigenvalue weighted by Gasteiger charge is -2.58. The summed E-state index contributed by atoms with van der Waals surface area (Å²) in [5.74, 6) is -0.595. The molecule has 0 amide bonds. The Balaban J connectivity index is 1.96. The zero-order valence-corrected chi connectivity index (χ0v) is 14.6. The fraction of sp³-hybridized carbons (Fsp3) is 0.833. The van der Waals surface area contributed by atoms with Crippen molar-refractivity contribution in [3.63, 3.8) is 0 Å². The van der Waals surface area contributed by atoms with Crippen LogP contribution >= 0.6 is 0 Å². The number of hydrogen-bond donors (Lipinski definition) is 1. The van der Waals surface area contributed by atoms with E-state index in [0.29, 0.717) is 25.3 Å². The normalized spacial score (nSPS) is 34.4. The zero-order chi connectivity index (χ0) is 20.3. The molecule has 4 rings (SSSR count). The van der Waals surface area contributed by atoms with Gasteiger partial charge in [0.05, 0.1) is 0 Å². The molecule has 0 aromatic heterocycles. The molecule has 9 heteroatoms. The van der Waals surface area contributed by atoms with Crippen molar-refractivity contribution in [2.75, 3.05) is 0 Å². The lowest BCUT2D eigenvalue weighted by atomic mass is 9.48. The number of alkyl halides is 6. The lowest BCUT2D eigenvalue weighted by Crippen LogP contribution is -2.66. The summed E-state index contributed by atoms with van der Waals surface area (Å²) < 4.78 is 84.8. The van der Waals surface area contributed by atoms with Crippen molar-refractivity contribution in [2.24, 2.45) is 23.2 Å². The molecule has 0 heterocycles. The van der Waals surface area contributed by atoms with Crippen LogP contribution in [0, 0.1) is 23.2 Å². The van der Waals surface area contributed by atoms with Crippen LogP contribution in [-0.2, 0) is 9.53 Å². The number of esters is 1. The quantitative estimate of drug-likeness (QED) is 0.419. The predicted octanol–water partition coefficient (Wildman–Crippen LogP) is 4.55. The van der Waals surface area contributed by atoms with Gasteiger partial charge in [0.25, 0.3) is 5.60 Å². The van der Waals surface area contributed by atoms with E-state index in [1.165, 1.54) is 0 Å². The number of aliphatic hydroxyl groups is 1. The molecule has 4 fully saturated rings. The summed E-state index contributed by atoms with van der Waals surface area (Å²) >= 11 is 0. The van der Waals surface area contributed by atoms with Gasteiger partial charge in [-0.1, -0.05) is 6.58 Å². The van der Waals surface area contributed by atoms with Gasteiger partial charge in [-0.25, -0.2) is 4.79 Å². The van der Waals surface area contributed by atoms with Crippen LogP contribution in [0.4, 0.5) is 26.3 Å². The minimum Gasteiger partial charge on any atom is -0.455 e. The third-order valence-electron chi connectivity index (χ3n) is 6.54. The summed E-state index contributed by atoms with van der Waals surface area (Å²) in [6.45, 7) is 3.03. The smallest absolute Gasteiger partial charge is 0.430 e. The molecule has 1 N–H and O–H groups in total. The van der Waals surface area contributed by atoms with E-state index in [2.05, 4.69) is 11.3 Å². The second-order valence-corrected chi connectivity index (χ2v) is 8.51. The third kappa shape index (κ3) is 3.47. The monoisotopic (exact) mass is 400 g/mol. The maximum Gasteiger partial charge on any atom is 0.430 e. The van der Waals surface area contributed by atoms with Gasteiger partial charge < -0.3 is 9.84 Å². The van der Waals surface area contributed by atoms with E-state index in [-0.39, 0.29) is 17.8 Å². The molecular formula is C18H22F6O3. The molecule has 0 aromatic rings. The Morgan fingerprint density at radius 2 is 1.44 bits per heavy atom. The van der Waals surface area contributed by atoms with Crippen LogP contribution in [0.5, 0.6) is 0 Å². The molecule has 4 aliphatic carbocycles. The maximum absolute atomic E-state index is 13.4. The lowest BCUT2D eigenvalue weighted by molar-refractivity contribution is -0.393. The molecule has 3 nitrogen and oxygen atoms in total. The molecule has 4 bridgehead atoms. The third-order valence-corrected chi connectivity index (χ3v) is 6.54. The van der Waals surface area contributed by atoms with Crippen molar-refractivity contribution < 1.29 is 41.0 Å². The predicted molar refractivity (Wildman–Crippen MR) is 82.4 cm³/mol. The van der Waals surface area contributed by atoms with E-state index in [4.69, 9.17) is 0 Å². The molecule has 1 unspecified atom stereocenters. The first-order valence-corrected chi connectivity index (χ1v) is 8.98. The second kappa shape index (κ2) is 6.39. The summed E-state index contributed by atoms with van der Waals surface area (Å²) in [7, 11) is 0. The molecule has 4 saturated carbocycles. The first-order chi connectivity index (χ1) is 12.3. The highest BCUT2D eigenvalue weighted by atomic mass is 19.4. The Labute approximate surface area is 152 Å². The molecule has 0 saturated heterocycles. The first-order valence-electron chi connectivity index (χ1n) is 8.98. The average Bonchev–Trinajstić information content (AvgIpc) is 2.49. The molecular weight excluding hydrogens is 378 g/mol. The number of hydrogen-bond acceptors (Lipinski definition) is 3. The largest absolute Gasteiger partial charge is 0.455 e. The number of carbonyl (C=O) groups excluding carboxylic acids is 1. The summed E-state index contributed by atoms with van der Waals surface area (Å²) in [6, 6.07) is 0. The highest BCUT2D eigenvalue weighted by Gasteiger charge is 2.76. The van der Waals surface area contributed by atoms with Crippen LogP contribution in [0.3, 0.4) is 0 Å². The molecule has 0 aliphatic heterocycles. The Morgan fingerprint density at radius 3 is 1.78 bits per heavy atom. The van der Waals surface area contributed by atoms with E-state index in [9.17, 15) is 36.2 Å². The topological polar surface area (TPSA) is 46.5 Å². The summed E-state index contributed by atoms with van der Waals surface area (Å²) in [5.41, 5.74) is -5.90. The van der Waals surface area contributed by atoms with E-state index < -0.39 is 41.9 Å². The van der Waals surface area contributed by atoms with Crippen molar-refractivity contribution in [3.8, 4) is 0 Å². The maximum atomic E-state index is 13.4. The van der Waals surface area contributed by atoms with Crippen LogP contribution in [-0.4, -0.2) is 35.1 Å². The molecule has 0 spiro atoms. The Morgan fingerprint density at radius 1 is 1.04 bits per heavy atom. The van der Waals surface area contributed by atoms with Crippen LogP contribution in [0.15, 0.2) is 12.7 Å². The van der Waals surface area contributed by atoms with Gasteiger partial charge in [0.15, 0.2) is 0 Å². The minimum absolute atomic E-state index is 0.275. The SMILES string of the molecule is C=CC(=O)OC(CC12CC3CC(CC(C3)C1)C2)C(O)(C(F)(F)F)C(F)(F)F. The second-order valence-electron chi connectivity index (χ2n) is 8.51. The van der Waals surface area contributed by atoms with Crippen molar-refractivity contribution in [1.82, 2.24) is 0 Å². The Hall–Kier alpha value is -1.25. The molecule has 154 valence electrons. The van der Waals surface area contributed by atoms with Gasteiger partial charge in [0, 0.05) is 6.08 Å². The number of halogens is 6. The van der Waals surface area contributed by atoms with Gasteiger partial charge in [-0.2, -0.15) is 26.3 Å². The van der Waals surface area contributed by atoms with Gasteiger partial charge in [-0.15, -0.1) is 0 Å². The van der Waals surface area contributed by atoms with Gasteiger partial charge in [-0.05, 0) is 68.1 Å². The molecule has 1 atom stereocenters. The van der Waals surface area contributed by atoms with Crippen molar-refractivity contribution >= 4 is 5.97 Å². The van der Waals surface area contributed by atoms with Crippen molar-refractivity contribution in [1.29, 1.82) is 0 Å². The fourth-order valence-corrected chi connectivity index (χ4v) is 5.92. The Bertz CT molecular complexity index is 560. The van der Waals surface area contributed by atoms with Crippen LogP contribution in [0.2, 0.25) is 0 Å². The Kier molecular flexibility index (Phi) is 4.85. The average molecular weight is 400 g/mol. The highest BCUT2D eigenvalue weighted by Crippen LogP contribution is 2.63. The summed E-state index contributed by atoms with van der Waals surface area (Å²) in [6.07, 6.45) is -10.7. The summed E-state index contributed by atoms with van der Waals surface area (Å²) in [4.78, 5) is 11.5. The van der Waals surface area contributed by atoms with Gasteiger partial charge in [0.2, 0.25) is 0 Å². The van der Waals surface area contributed by atoms with Gasteiger partial charge >= 0.3 is 18.3 Å². The number of rotatable bonds is 5. The van der Waals surface area contributed by atoms with E-state index in [0.717, 1.165) is 19.3 Å².